The molecule has 0 aliphatic carbocycles. The second kappa shape index (κ2) is 15.1. The third-order valence-electron chi connectivity index (χ3n) is 4.98. The van der Waals surface area contributed by atoms with E-state index in [1.165, 1.54) is 31.2 Å². The van der Waals surface area contributed by atoms with Gasteiger partial charge in [0.25, 0.3) is 0 Å². The van der Waals surface area contributed by atoms with Crippen molar-refractivity contribution in [3.8, 4) is 0 Å². The van der Waals surface area contributed by atoms with Crippen molar-refractivity contribution in [2.45, 2.75) is 90.9 Å². The predicted octanol–water partition coefficient (Wildman–Crippen LogP) is 6.11. The zero-order chi connectivity index (χ0) is 20.6. The SMILES string of the molecule is CCOC(=O)CCCCCCCCCCC(C(=O)OCC)c1ccc(C)cc1. The molecule has 0 aliphatic heterocycles. The van der Waals surface area contributed by atoms with Crippen LogP contribution in [0.2, 0.25) is 0 Å². The summed E-state index contributed by atoms with van der Waals surface area (Å²) in [6, 6.07) is 8.22. The molecule has 0 saturated carbocycles. The zero-order valence-corrected chi connectivity index (χ0v) is 18.0. The fourth-order valence-corrected chi connectivity index (χ4v) is 3.37. The number of carbonyl (C=O) groups is 2. The number of rotatable bonds is 15. The summed E-state index contributed by atoms with van der Waals surface area (Å²) in [5, 5.41) is 0. The van der Waals surface area contributed by atoms with Crippen LogP contribution in [-0.4, -0.2) is 25.2 Å². The van der Waals surface area contributed by atoms with Gasteiger partial charge in [-0.15, -0.1) is 0 Å². The van der Waals surface area contributed by atoms with Crippen molar-refractivity contribution >= 4 is 11.9 Å². The number of aryl methyl sites for hydroxylation is 1. The van der Waals surface area contributed by atoms with E-state index in [4.69, 9.17) is 9.47 Å². The van der Waals surface area contributed by atoms with Crippen molar-refractivity contribution in [1.29, 1.82) is 0 Å². The van der Waals surface area contributed by atoms with Gasteiger partial charge in [0, 0.05) is 6.42 Å². The van der Waals surface area contributed by atoms with Gasteiger partial charge in [-0.1, -0.05) is 74.8 Å². The van der Waals surface area contributed by atoms with Crippen molar-refractivity contribution in [3.05, 3.63) is 35.4 Å². The molecule has 28 heavy (non-hydrogen) atoms. The topological polar surface area (TPSA) is 52.6 Å². The summed E-state index contributed by atoms with van der Waals surface area (Å²) in [6.45, 7) is 6.65. The quantitative estimate of drug-likeness (QED) is 0.268. The molecule has 158 valence electrons. The van der Waals surface area contributed by atoms with E-state index in [-0.39, 0.29) is 17.9 Å². The molecular weight excluding hydrogens is 352 g/mol. The molecule has 0 amide bonds. The Kier molecular flexibility index (Phi) is 13.1. The summed E-state index contributed by atoms with van der Waals surface area (Å²) >= 11 is 0. The number of carbonyl (C=O) groups excluding carboxylic acids is 2. The maximum Gasteiger partial charge on any atom is 0.313 e. The van der Waals surface area contributed by atoms with Gasteiger partial charge in [-0.05, 0) is 39.2 Å². The normalized spacial score (nSPS) is 11.8. The molecule has 1 aromatic carbocycles. The molecule has 1 unspecified atom stereocenters. The molecule has 0 fully saturated rings. The van der Waals surface area contributed by atoms with Gasteiger partial charge in [0.05, 0.1) is 19.1 Å². The lowest BCUT2D eigenvalue weighted by molar-refractivity contribution is -0.145. The Labute approximate surface area is 171 Å². The van der Waals surface area contributed by atoms with Crippen LogP contribution >= 0.6 is 0 Å². The molecule has 4 heteroatoms. The first kappa shape index (κ1) is 24.2. The Balaban J connectivity index is 2.18. The standard InChI is InChI=1S/C24H38O4/c1-4-27-23(25)15-13-11-9-7-6-8-10-12-14-22(24(26)28-5-2)21-18-16-20(3)17-19-21/h16-19,22H,4-15H2,1-3H3. The van der Waals surface area contributed by atoms with Gasteiger partial charge in [0.2, 0.25) is 0 Å². The highest BCUT2D eigenvalue weighted by Crippen LogP contribution is 2.25. The Morgan fingerprint density at radius 2 is 1.32 bits per heavy atom. The summed E-state index contributed by atoms with van der Waals surface area (Å²) in [5.74, 6) is -0.330. The second-order valence-corrected chi connectivity index (χ2v) is 7.39. The third kappa shape index (κ3) is 10.5. The van der Waals surface area contributed by atoms with Crippen LogP contribution in [0.25, 0.3) is 0 Å². The van der Waals surface area contributed by atoms with E-state index in [1.807, 2.05) is 26.0 Å². The number of esters is 2. The minimum atomic E-state index is -0.150. The molecule has 0 saturated heterocycles. The molecule has 1 aromatic rings. The summed E-state index contributed by atoms with van der Waals surface area (Å²) in [5.41, 5.74) is 2.26. The first-order valence-corrected chi connectivity index (χ1v) is 11.0. The van der Waals surface area contributed by atoms with Crippen LogP contribution in [0.1, 0.15) is 95.1 Å². The number of benzene rings is 1. The minimum absolute atomic E-state index is 0.0766. The molecule has 0 aromatic heterocycles. The van der Waals surface area contributed by atoms with E-state index >= 15 is 0 Å². The second-order valence-electron chi connectivity index (χ2n) is 7.39. The average Bonchev–Trinajstić information content (AvgIpc) is 2.67. The first-order chi connectivity index (χ1) is 13.6. The van der Waals surface area contributed by atoms with E-state index in [9.17, 15) is 9.59 Å². The van der Waals surface area contributed by atoms with E-state index in [0.717, 1.165) is 37.7 Å². The van der Waals surface area contributed by atoms with Crippen LogP contribution in [0.15, 0.2) is 24.3 Å². The van der Waals surface area contributed by atoms with Crippen LogP contribution in [0.5, 0.6) is 0 Å². The summed E-state index contributed by atoms with van der Waals surface area (Å²) in [4.78, 5) is 23.6. The van der Waals surface area contributed by atoms with Gasteiger partial charge in [0.15, 0.2) is 0 Å². The molecule has 0 spiro atoms. The van der Waals surface area contributed by atoms with Crippen LogP contribution in [0, 0.1) is 6.92 Å². The van der Waals surface area contributed by atoms with Crippen LogP contribution in [0.3, 0.4) is 0 Å². The van der Waals surface area contributed by atoms with Gasteiger partial charge in [-0.2, -0.15) is 0 Å². The number of unbranched alkanes of at least 4 members (excludes halogenated alkanes) is 7. The van der Waals surface area contributed by atoms with Crippen molar-refractivity contribution < 1.29 is 19.1 Å². The summed E-state index contributed by atoms with van der Waals surface area (Å²) in [7, 11) is 0. The number of ether oxygens (including phenoxy) is 2. The lowest BCUT2D eigenvalue weighted by Gasteiger charge is -2.16. The molecule has 1 atom stereocenters. The monoisotopic (exact) mass is 390 g/mol. The van der Waals surface area contributed by atoms with Gasteiger partial charge in [-0.3, -0.25) is 9.59 Å². The molecule has 0 heterocycles. The molecule has 0 bridgehead atoms. The lowest BCUT2D eigenvalue weighted by atomic mass is 9.92. The van der Waals surface area contributed by atoms with E-state index in [1.54, 1.807) is 0 Å². The molecular formula is C24H38O4. The van der Waals surface area contributed by atoms with E-state index < -0.39 is 0 Å². The van der Waals surface area contributed by atoms with Gasteiger partial charge < -0.3 is 9.47 Å². The lowest BCUT2D eigenvalue weighted by Crippen LogP contribution is -2.16. The van der Waals surface area contributed by atoms with Crippen LogP contribution < -0.4 is 0 Å². The Morgan fingerprint density at radius 1 is 0.786 bits per heavy atom. The number of hydrogen-bond acceptors (Lipinski definition) is 4. The van der Waals surface area contributed by atoms with E-state index in [0.29, 0.717) is 19.6 Å². The fraction of sp³-hybridized carbons (Fsp3) is 0.667. The highest BCUT2D eigenvalue weighted by Gasteiger charge is 2.21. The summed E-state index contributed by atoms with van der Waals surface area (Å²) in [6.07, 6.45) is 10.4. The third-order valence-corrected chi connectivity index (χ3v) is 4.98. The number of hydrogen-bond donors (Lipinski definition) is 0. The van der Waals surface area contributed by atoms with E-state index in [2.05, 4.69) is 19.1 Å². The molecule has 4 nitrogen and oxygen atoms in total. The predicted molar refractivity (Wildman–Crippen MR) is 113 cm³/mol. The van der Waals surface area contributed by atoms with Crippen molar-refractivity contribution in [1.82, 2.24) is 0 Å². The maximum absolute atomic E-state index is 12.3. The zero-order valence-electron chi connectivity index (χ0n) is 18.0. The molecule has 1 rings (SSSR count). The van der Waals surface area contributed by atoms with Crippen LogP contribution in [-0.2, 0) is 19.1 Å². The average molecular weight is 391 g/mol. The van der Waals surface area contributed by atoms with Gasteiger partial charge in [-0.25, -0.2) is 0 Å². The highest BCUT2D eigenvalue weighted by molar-refractivity contribution is 5.78. The molecule has 0 aliphatic rings. The Hall–Kier alpha value is -1.84. The van der Waals surface area contributed by atoms with Crippen molar-refractivity contribution in [2.24, 2.45) is 0 Å². The fourth-order valence-electron chi connectivity index (χ4n) is 3.37. The van der Waals surface area contributed by atoms with Gasteiger partial charge in [0.1, 0.15) is 0 Å². The Morgan fingerprint density at radius 3 is 1.89 bits per heavy atom. The first-order valence-electron chi connectivity index (χ1n) is 11.0. The molecule has 0 N–H and O–H groups in total. The Bertz CT molecular complexity index is 550. The minimum Gasteiger partial charge on any atom is -0.466 e. The van der Waals surface area contributed by atoms with Crippen molar-refractivity contribution in [3.63, 3.8) is 0 Å². The van der Waals surface area contributed by atoms with Gasteiger partial charge >= 0.3 is 11.9 Å². The highest BCUT2D eigenvalue weighted by atomic mass is 16.5. The van der Waals surface area contributed by atoms with Crippen molar-refractivity contribution in [2.75, 3.05) is 13.2 Å². The largest absolute Gasteiger partial charge is 0.466 e. The molecule has 0 radical (unpaired) electrons. The smallest absolute Gasteiger partial charge is 0.313 e. The van der Waals surface area contributed by atoms with Crippen LogP contribution in [0.4, 0.5) is 0 Å². The maximum atomic E-state index is 12.3. The summed E-state index contributed by atoms with van der Waals surface area (Å²) < 4.78 is 10.2.